The molecule has 1 fully saturated rings. The van der Waals surface area contributed by atoms with Crippen molar-refractivity contribution in [3.05, 3.63) is 28.8 Å². The first-order valence-corrected chi connectivity index (χ1v) is 5.83. The van der Waals surface area contributed by atoms with E-state index in [9.17, 15) is 9.59 Å². The average Bonchev–Trinajstić information content (AvgIpc) is 2.28. The molecular weight excluding hydrogens is 240 g/mol. The molecule has 1 aromatic rings. The molecule has 2 N–H and O–H groups in total. The van der Waals surface area contributed by atoms with Gasteiger partial charge in [0.25, 0.3) is 0 Å². The Bertz CT molecular complexity index is 458. The highest BCUT2D eigenvalue weighted by molar-refractivity contribution is 6.30. The highest BCUT2D eigenvalue weighted by Crippen LogP contribution is 2.22. The Balaban J connectivity index is 2.21. The van der Waals surface area contributed by atoms with Gasteiger partial charge < -0.3 is 5.73 Å². The number of piperidine rings is 1. The van der Waals surface area contributed by atoms with Gasteiger partial charge in [0.2, 0.25) is 11.8 Å². The van der Waals surface area contributed by atoms with Gasteiger partial charge in [-0.15, -0.1) is 0 Å². The molecule has 2 rings (SSSR count). The molecule has 0 spiro atoms. The monoisotopic (exact) mass is 252 g/mol. The molecule has 5 heteroatoms. The highest BCUT2D eigenvalue weighted by atomic mass is 35.5. The van der Waals surface area contributed by atoms with Crippen molar-refractivity contribution in [3.63, 3.8) is 0 Å². The molecule has 4 nitrogen and oxygen atoms in total. The van der Waals surface area contributed by atoms with E-state index in [1.165, 1.54) is 4.90 Å². The summed E-state index contributed by atoms with van der Waals surface area (Å²) in [5.74, 6) is -0.277. The number of imide groups is 1. The van der Waals surface area contributed by atoms with E-state index >= 15 is 0 Å². The molecule has 0 bridgehead atoms. The van der Waals surface area contributed by atoms with Crippen LogP contribution in [0.25, 0.3) is 0 Å². The third-order valence-corrected chi connectivity index (χ3v) is 3.05. The van der Waals surface area contributed by atoms with Crippen LogP contribution in [0.1, 0.15) is 24.8 Å². The zero-order valence-corrected chi connectivity index (χ0v) is 10.0. The summed E-state index contributed by atoms with van der Waals surface area (Å²) in [5.41, 5.74) is 7.04. The van der Waals surface area contributed by atoms with Gasteiger partial charge in [0, 0.05) is 23.6 Å². The quantitative estimate of drug-likeness (QED) is 0.646. The molecule has 90 valence electrons. The summed E-state index contributed by atoms with van der Waals surface area (Å²) in [5, 5.41) is 0.547. The molecule has 1 aromatic carbocycles. The lowest BCUT2D eigenvalue weighted by molar-refractivity contribution is -0.148. The number of halogens is 1. The molecule has 0 radical (unpaired) electrons. The van der Waals surface area contributed by atoms with Gasteiger partial charge in [0.05, 0.1) is 6.54 Å². The molecular formula is C12H13ClN2O2. The summed E-state index contributed by atoms with van der Waals surface area (Å²) in [6.07, 6.45) is 1.48. The number of nitrogens with zero attached hydrogens (tertiary/aromatic N) is 1. The van der Waals surface area contributed by atoms with Gasteiger partial charge in [-0.25, -0.2) is 0 Å². The Morgan fingerprint density at radius 2 is 1.88 bits per heavy atom. The Labute approximate surface area is 104 Å². The van der Waals surface area contributed by atoms with Crippen molar-refractivity contribution in [2.45, 2.75) is 25.8 Å². The molecule has 1 saturated heterocycles. The normalized spacial score (nSPS) is 16.4. The number of amides is 2. The second-order valence-electron chi connectivity index (χ2n) is 4.07. The second kappa shape index (κ2) is 4.75. The first kappa shape index (κ1) is 11.9. The van der Waals surface area contributed by atoms with E-state index in [-0.39, 0.29) is 18.4 Å². The largest absolute Gasteiger partial charge is 0.398 e. The summed E-state index contributed by atoms with van der Waals surface area (Å²) in [6, 6.07) is 5.04. The maximum Gasteiger partial charge on any atom is 0.229 e. The van der Waals surface area contributed by atoms with Gasteiger partial charge >= 0.3 is 0 Å². The van der Waals surface area contributed by atoms with Crippen molar-refractivity contribution in [1.82, 2.24) is 4.90 Å². The number of carbonyl (C=O) groups excluding carboxylic acids is 2. The number of hydrogen-bond donors (Lipinski definition) is 1. The fraction of sp³-hybridized carbons (Fsp3) is 0.333. The van der Waals surface area contributed by atoms with Crippen LogP contribution in [0.15, 0.2) is 18.2 Å². The van der Waals surface area contributed by atoms with Crippen molar-refractivity contribution >= 4 is 29.1 Å². The van der Waals surface area contributed by atoms with Crippen LogP contribution in [0.5, 0.6) is 0 Å². The number of nitrogens with two attached hydrogens (primary N) is 1. The molecule has 0 atom stereocenters. The van der Waals surface area contributed by atoms with Crippen LogP contribution in [0.4, 0.5) is 5.69 Å². The number of anilines is 1. The fourth-order valence-corrected chi connectivity index (χ4v) is 2.05. The molecule has 0 unspecified atom stereocenters. The summed E-state index contributed by atoms with van der Waals surface area (Å²) < 4.78 is 0. The number of carbonyl (C=O) groups is 2. The third-order valence-electron chi connectivity index (χ3n) is 2.82. The fourth-order valence-electron chi connectivity index (χ4n) is 1.86. The summed E-state index contributed by atoms with van der Waals surface area (Å²) in [7, 11) is 0. The first-order valence-electron chi connectivity index (χ1n) is 5.45. The molecule has 0 saturated carbocycles. The second-order valence-corrected chi connectivity index (χ2v) is 4.51. The number of rotatable bonds is 2. The predicted octanol–water partition coefficient (Wildman–Crippen LogP) is 1.96. The van der Waals surface area contributed by atoms with E-state index in [1.807, 2.05) is 0 Å². The van der Waals surface area contributed by atoms with Crippen molar-refractivity contribution in [1.29, 1.82) is 0 Å². The first-order chi connectivity index (χ1) is 8.08. The van der Waals surface area contributed by atoms with Gasteiger partial charge in [-0.05, 0) is 30.2 Å². The number of likely N-dealkylation sites (tertiary alicyclic amines) is 1. The molecule has 0 aliphatic carbocycles. The minimum absolute atomic E-state index is 0.138. The Kier molecular flexibility index (Phi) is 3.33. The molecule has 1 aliphatic rings. The number of nitrogen functional groups attached to an aromatic ring is 1. The van der Waals surface area contributed by atoms with Crippen LogP contribution in [0, 0.1) is 0 Å². The van der Waals surface area contributed by atoms with Crippen LogP contribution in [0.2, 0.25) is 5.02 Å². The van der Waals surface area contributed by atoms with E-state index < -0.39 is 0 Å². The van der Waals surface area contributed by atoms with Crippen LogP contribution in [0.3, 0.4) is 0 Å². The lowest BCUT2D eigenvalue weighted by atomic mass is 10.1. The molecule has 1 aliphatic heterocycles. The van der Waals surface area contributed by atoms with Gasteiger partial charge in [0.15, 0.2) is 0 Å². The van der Waals surface area contributed by atoms with Gasteiger partial charge in [-0.3, -0.25) is 14.5 Å². The number of benzene rings is 1. The van der Waals surface area contributed by atoms with Gasteiger partial charge in [-0.2, -0.15) is 0 Å². The smallest absolute Gasteiger partial charge is 0.229 e. The lowest BCUT2D eigenvalue weighted by Crippen LogP contribution is -2.39. The Morgan fingerprint density at radius 3 is 2.53 bits per heavy atom. The molecule has 17 heavy (non-hydrogen) atoms. The van der Waals surface area contributed by atoms with Crippen LogP contribution in [-0.4, -0.2) is 16.7 Å². The van der Waals surface area contributed by atoms with Crippen LogP contribution >= 0.6 is 11.6 Å². The predicted molar refractivity (Wildman–Crippen MR) is 65.3 cm³/mol. The molecule has 2 amide bonds. The third kappa shape index (κ3) is 2.58. The minimum atomic E-state index is -0.138. The van der Waals surface area contributed by atoms with Crippen molar-refractivity contribution in [3.8, 4) is 0 Å². The van der Waals surface area contributed by atoms with E-state index in [4.69, 9.17) is 17.3 Å². The van der Waals surface area contributed by atoms with Crippen LogP contribution in [-0.2, 0) is 16.1 Å². The number of hydrogen-bond acceptors (Lipinski definition) is 3. The lowest BCUT2D eigenvalue weighted by Gasteiger charge is -2.25. The van der Waals surface area contributed by atoms with E-state index in [1.54, 1.807) is 18.2 Å². The maximum atomic E-state index is 11.6. The van der Waals surface area contributed by atoms with Crippen LogP contribution < -0.4 is 5.73 Å². The molecule has 0 aromatic heterocycles. The van der Waals surface area contributed by atoms with E-state index in [2.05, 4.69) is 0 Å². The van der Waals surface area contributed by atoms with Gasteiger partial charge in [-0.1, -0.05) is 11.6 Å². The Hall–Kier alpha value is -1.55. The average molecular weight is 253 g/mol. The summed E-state index contributed by atoms with van der Waals surface area (Å²) in [6.45, 7) is 0.212. The van der Waals surface area contributed by atoms with E-state index in [0.717, 1.165) is 0 Å². The van der Waals surface area contributed by atoms with Crippen molar-refractivity contribution in [2.75, 3.05) is 5.73 Å². The van der Waals surface area contributed by atoms with Crippen molar-refractivity contribution < 1.29 is 9.59 Å². The maximum absolute atomic E-state index is 11.6. The van der Waals surface area contributed by atoms with E-state index in [0.29, 0.717) is 35.5 Å². The standard InChI is InChI=1S/C12H13ClN2O2/c13-9-4-5-10(14)8(6-9)7-15-11(16)2-1-3-12(15)17/h4-6H,1-3,7,14H2. The minimum Gasteiger partial charge on any atom is -0.398 e. The zero-order chi connectivity index (χ0) is 12.4. The molecule has 1 heterocycles. The zero-order valence-electron chi connectivity index (χ0n) is 9.28. The summed E-state index contributed by atoms with van der Waals surface area (Å²) >= 11 is 5.86. The van der Waals surface area contributed by atoms with Crippen molar-refractivity contribution in [2.24, 2.45) is 0 Å². The van der Waals surface area contributed by atoms with Gasteiger partial charge in [0.1, 0.15) is 0 Å². The topological polar surface area (TPSA) is 63.4 Å². The highest BCUT2D eigenvalue weighted by Gasteiger charge is 2.26. The summed E-state index contributed by atoms with van der Waals surface area (Å²) in [4.78, 5) is 24.5. The Morgan fingerprint density at radius 1 is 1.24 bits per heavy atom. The SMILES string of the molecule is Nc1ccc(Cl)cc1CN1C(=O)CCCC1=O.